The number of amides is 2. The zero-order chi connectivity index (χ0) is 25.1. The number of aryl methyl sites for hydroxylation is 1. The van der Waals surface area contributed by atoms with Gasteiger partial charge in [0.1, 0.15) is 22.2 Å². The van der Waals surface area contributed by atoms with Gasteiger partial charge in [-0.25, -0.2) is 4.98 Å². The SMILES string of the molecule is CC(=O)Nc1cccc2c(Oc3cc(NC(=O)c4csc(-c5ccncc5)n4)ccc3C)ccnc12. The van der Waals surface area contributed by atoms with Gasteiger partial charge in [-0.3, -0.25) is 19.6 Å². The van der Waals surface area contributed by atoms with Gasteiger partial charge in [-0.05, 0) is 48.9 Å². The van der Waals surface area contributed by atoms with E-state index in [1.807, 2.05) is 43.3 Å². The number of anilines is 2. The maximum Gasteiger partial charge on any atom is 0.275 e. The Labute approximate surface area is 211 Å². The summed E-state index contributed by atoms with van der Waals surface area (Å²) in [5, 5.41) is 8.92. The number of nitrogens with one attached hydrogen (secondary N) is 2. The number of ether oxygens (including phenoxy) is 1. The fraction of sp³-hybridized carbons (Fsp3) is 0.0741. The minimum Gasteiger partial charge on any atom is -0.456 e. The second-order valence-corrected chi connectivity index (χ2v) is 8.86. The van der Waals surface area contributed by atoms with E-state index in [1.54, 1.807) is 42.2 Å². The maximum atomic E-state index is 12.9. The zero-order valence-electron chi connectivity index (χ0n) is 19.5. The lowest BCUT2D eigenvalue weighted by molar-refractivity contribution is -0.114. The summed E-state index contributed by atoms with van der Waals surface area (Å²) >= 11 is 1.40. The molecule has 0 spiro atoms. The molecule has 0 fully saturated rings. The fourth-order valence-corrected chi connectivity index (χ4v) is 4.44. The molecular weight excluding hydrogens is 474 g/mol. The zero-order valence-corrected chi connectivity index (χ0v) is 20.3. The molecule has 0 atom stereocenters. The average molecular weight is 496 g/mol. The first-order valence-electron chi connectivity index (χ1n) is 11.1. The molecule has 3 aromatic heterocycles. The number of fused-ring (bicyclic) bond motifs is 1. The van der Waals surface area contributed by atoms with Gasteiger partial charge in [-0.2, -0.15) is 0 Å². The predicted molar refractivity (Wildman–Crippen MR) is 141 cm³/mol. The Morgan fingerprint density at radius 1 is 0.944 bits per heavy atom. The first kappa shape index (κ1) is 23.1. The number of hydrogen-bond acceptors (Lipinski definition) is 7. The van der Waals surface area contributed by atoms with Gasteiger partial charge >= 0.3 is 0 Å². The number of rotatable bonds is 6. The Bertz CT molecular complexity index is 1580. The van der Waals surface area contributed by atoms with Crippen LogP contribution in [0.5, 0.6) is 11.5 Å². The quantitative estimate of drug-likeness (QED) is 0.296. The molecular formula is C27H21N5O3S. The lowest BCUT2D eigenvalue weighted by Gasteiger charge is -2.14. The monoisotopic (exact) mass is 495 g/mol. The van der Waals surface area contributed by atoms with Crippen LogP contribution < -0.4 is 15.4 Å². The second-order valence-electron chi connectivity index (χ2n) is 8.00. The minimum absolute atomic E-state index is 0.178. The van der Waals surface area contributed by atoms with Crippen LogP contribution in [0.2, 0.25) is 0 Å². The number of nitrogens with zero attached hydrogens (tertiary/aromatic N) is 3. The molecule has 2 aromatic carbocycles. The lowest BCUT2D eigenvalue weighted by Crippen LogP contribution is -2.12. The molecule has 5 rings (SSSR count). The summed E-state index contributed by atoms with van der Waals surface area (Å²) in [6.07, 6.45) is 5.01. The number of thiazole rings is 1. The first-order valence-corrected chi connectivity index (χ1v) is 12.0. The van der Waals surface area contributed by atoms with Gasteiger partial charge in [0.05, 0.1) is 11.2 Å². The lowest BCUT2D eigenvalue weighted by atomic mass is 10.1. The van der Waals surface area contributed by atoms with Gasteiger partial charge in [0.15, 0.2) is 0 Å². The molecule has 2 amide bonds. The highest BCUT2D eigenvalue weighted by Crippen LogP contribution is 2.34. The third-order valence-corrected chi connectivity index (χ3v) is 6.26. The molecule has 5 aromatic rings. The molecule has 0 unspecified atom stereocenters. The Morgan fingerprint density at radius 2 is 1.78 bits per heavy atom. The van der Waals surface area contributed by atoms with Crippen molar-refractivity contribution >= 4 is 45.4 Å². The Hall–Kier alpha value is -4.63. The molecule has 0 aliphatic rings. The summed E-state index contributed by atoms with van der Waals surface area (Å²) in [5.41, 5.74) is 3.95. The van der Waals surface area contributed by atoms with Gasteiger partial charge in [-0.15, -0.1) is 11.3 Å². The van der Waals surface area contributed by atoms with Crippen molar-refractivity contribution in [1.29, 1.82) is 0 Å². The number of carbonyl (C=O) groups excluding carboxylic acids is 2. The minimum atomic E-state index is -0.310. The summed E-state index contributed by atoms with van der Waals surface area (Å²) in [5.74, 6) is 0.680. The molecule has 9 heteroatoms. The van der Waals surface area contributed by atoms with Crippen LogP contribution in [-0.4, -0.2) is 26.8 Å². The summed E-state index contributed by atoms with van der Waals surface area (Å²) < 4.78 is 6.25. The van der Waals surface area contributed by atoms with Gasteiger partial charge in [0, 0.05) is 53.6 Å². The van der Waals surface area contributed by atoms with Crippen molar-refractivity contribution in [3.8, 4) is 22.1 Å². The summed E-state index contributed by atoms with van der Waals surface area (Å²) in [4.78, 5) is 37.3. The largest absolute Gasteiger partial charge is 0.456 e. The highest BCUT2D eigenvalue weighted by atomic mass is 32.1. The van der Waals surface area contributed by atoms with E-state index in [2.05, 4.69) is 25.6 Å². The molecule has 0 aliphatic carbocycles. The Morgan fingerprint density at radius 3 is 2.58 bits per heavy atom. The van der Waals surface area contributed by atoms with Crippen molar-refractivity contribution in [2.45, 2.75) is 13.8 Å². The molecule has 0 saturated carbocycles. The van der Waals surface area contributed by atoms with Crippen LogP contribution in [0.1, 0.15) is 23.0 Å². The van der Waals surface area contributed by atoms with Gasteiger partial charge in [0.25, 0.3) is 5.91 Å². The van der Waals surface area contributed by atoms with Gasteiger partial charge in [0.2, 0.25) is 5.91 Å². The van der Waals surface area contributed by atoms with Crippen LogP contribution in [0.4, 0.5) is 11.4 Å². The molecule has 0 saturated heterocycles. The first-order chi connectivity index (χ1) is 17.5. The van der Waals surface area contributed by atoms with Crippen molar-refractivity contribution < 1.29 is 14.3 Å². The van der Waals surface area contributed by atoms with Crippen molar-refractivity contribution in [2.75, 3.05) is 10.6 Å². The van der Waals surface area contributed by atoms with E-state index >= 15 is 0 Å². The average Bonchev–Trinajstić information content (AvgIpc) is 3.38. The molecule has 36 heavy (non-hydrogen) atoms. The van der Waals surface area contributed by atoms with E-state index in [9.17, 15) is 9.59 Å². The van der Waals surface area contributed by atoms with E-state index in [1.165, 1.54) is 18.3 Å². The number of aromatic nitrogens is 3. The summed E-state index contributed by atoms with van der Waals surface area (Å²) in [6.45, 7) is 3.38. The van der Waals surface area contributed by atoms with E-state index in [-0.39, 0.29) is 11.8 Å². The van der Waals surface area contributed by atoms with Crippen LogP contribution in [0.3, 0.4) is 0 Å². The number of hydrogen-bond donors (Lipinski definition) is 2. The highest BCUT2D eigenvalue weighted by molar-refractivity contribution is 7.13. The van der Waals surface area contributed by atoms with Crippen LogP contribution in [0.15, 0.2) is 78.6 Å². The van der Waals surface area contributed by atoms with Crippen LogP contribution in [0.25, 0.3) is 21.5 Å². The molecule has 0 bridgehead atoms. The molecule has 2 N–H and O–H groups in total. The van der Waals surface area contributed by atoms with Crippen molar-refractivity contribution in [1.82, 2.24) is 15.0 Å². The predicted octanol–water partition coefficient (Wildman–Crippen LogP) is 6.06. The maximum absolute atomic E-state index is 12.9. The number of para-hydroxylation sites is 1. The molecule has 0 radical (unpaired) electrons. The topological polar surface area (TPSA) is 106 Å². The van der Waals surface area contributed by atoms with Crippen LogP contribution >= 0.6 is 11.3 Å². The number of pyridine rings is 2. The third-order valence-electron chi connectivity index (χ3n) is 5.37. The number of carbonyl (C=O) groups is 2. The van der Waals surface area contributed by atoms with E-state index < -0.39 is 0 Å². The van der Waals surface area contributed by atoms with Crippen LogP contribution in [0, 0.1) is 6.92 Å². The van der Waals surface area contributed by atoms with E-state index in [0.29, 0.717) is 34.1 Å². The van der Waals surface area contributed by atoms with Crippen molar-refractivity contribution in [3.63, 3.8) is 0 Å². The van der Waals surface area contributed by atoms with E-state index in [0.717, 1.165) is 21.5 Å². The standard InChI is InChI=1S/C27H21N5O3S/c1-16-6-7-19(31-26(34)22-15-36-27(32-22)18-8-11-28-12-9-18)14-24(16)35-23-10-13-29-25-20(23)4-3-5-21(25)30-17(2)33/h3-15H,1-2H3,(H,30,33)(H,31,34). The normalized spacial score (nSPS) is 10.7. The van der Waals surface area contributed by atoms with E-state index in [4.69, 9.17) is 4.74 Å². The Balaban J connectivity index is 1.38. The molecule has 8 nitrogen and oxygen atoms in total. The smallest absolute Gasteiger partial charge is 0.275 e. The molecule has 3 heterocycles. The van der Waals surface area contributed by atoms with Gasteiger partial charge in [-0.1, -0.05) is 12.1 Å². The number of benzene rings is 2. The molecule has 178 valence electrons. The highest BCUT2D eigenvalue weighted by Gasteiger charge is 2.14. The van der Waals surface area contributed by atoms with Crippen molar-refractivity contribution in [3.05, 3.63) is 89.8 Å². The summed E-state index contributed by atoms with van der Waals surface area (Å²) in [7, 11) is 0. The molecule has 0 aliphatic heterocycles. The Kier molecular flexibility index (Phi) is 6.38. The van der Waals surface area contributed by atoms with Crippen molar-refractivity contribution in [2.24, 2.45) is 0 Å². The third kappa shape index (κ3) is 4.91. The van der Waals surface area contributed by atoms with Crippen LogP contribution in [-0.2, 0) is 4.79 Å². The van der Waals surface area contributed by atoms with Gasteiger partial charge < -0.3 is 15.4 Å². The second kappa shape index (κ2) is 9.93. The fourth-order valence-electron chi connectivity index (χ4n) is 3.64. The summed E-state index contributed by atoms with van der Waals surface area (Å²) in [6, 6.07) is 16.4.